The zero-order valence-corrected chi connectivity index (χ0v) is 21.6. The summed E-state index contributed by atoms with van der Waals surface area (Å²) < 4.78 is 15.6. The van der Waals surface area contributed by atoms with Gasteiger partial charge in [-0.05, 0) is 0 Å². The van der Waals surface area contributed by atoms with Crippen molar-refractivity contribution in [3.05, 3.63) is 0 Å². The van der Waals surface area contributed by atoms with E-state index in [0.29, 0.717) is 0 Å². The molecule has 0 fully saturated rings. The number of nitrogens with one attached hydrogen (secondary N) is 1. The van der Waals surface area contributed by atoms with Crippen LogP contribution in [0.2, 0.25) is 0 Å². The van der Waals surface area contributed by atoms with Crippen LogP contribution in [-0.2, 0) is 126 Å². The van der Waals surface area contributed by atoms with E-state index in [-0.39, 0.29) is 22.1 Å². The predicted octanol–water partition coefficient (Wildman–Crippen LogP) is 1.16. The summed E-state index contributed by atoms with van der Waals surface area (Å²) >= 11 is 2.26. The first-order valence-corrected chi connectivity index (χ1v) is 30.5. The van der Waals surface area contributed by atoms with Crippen molar-refractivity contribution >= 4 is 120 Å². The molecular weight excluding hydrogens is 631 g/mol. The van der Waals surface area contributed by atoms with Crippen molar-refractivity contribution in [2.45, 2.75) is 0 Å². The van der Waals surface area contributed by atoms with Crippen LogP contribution in [0.3, 0.4) is 0 Å². The molecule has 2 nitrogen and oxygen atoms in total. The molecule has 0 spiro atoms. The summed E-state index contributed by atoms with van der Waals surface area (Å²) in [6.07, 6.45) is 0. The molecule has 0 heterocycles. The van der Waals surface area contributed by atoms with Crippen LogP contribution in [0.15, 0.2) is 0 Å². The Kier molecular flexibility index (Phi) is 22.2. The molecule has 0 aromatic rings. The van der Waals surface area contributed by atoms with E-state index >= 15 is 0 Å². The zero-order chi connectivity index (χ0) is 12.1. The fourth-order valence-corrected chi connectivity index (χ4v) is 47.8. The minimum absolute atomic E-state index is 0.274. The van der Waals surface area contributed by atoms with Crippen LogP contribution in [0.25, 0.3) is 0 Å². The summed E-state index contributed by atoms with van der Waals surface area (Å²) in [5.41, 5.74) is 0. The van der Waals surface area contributed by atoms with Crippen molar-refractivity contribution in [2.24, 2.45) is 0 Å². The van der Waals surface area contributed by atoms with Gasteiger partial charge in [0.15, 0.2) is 0 Å². The van der Waals surface area contributed by atoms with Gasteiger partial charge in [0.1, 0.15) is 0 Å². The SMILES string of the molecule is N=[S-](O)=S=S=S=S=S=S=S=S=S=S=[S]=[Y][I]. The van der Waals surface area contributed by atoms with E-state index in [4.69, 9.17) is 9.33 Å². The average Bonchev–Trinajstić information content (AvgIpc) is 2.25. The number of halogens is 1. The Hall–Kier alpha value is 4.36. The predicted molar refractivity (Wildman–Crippen MR) is 108 cm³/mol. The number of hydrogen-bond acceptors (Lipinski definition) is 2. The summed E-state index contributed by atoms with van der Waals surface area (Å²) in [6, 6.07) is 0. The van der Waals surface area contributed by atoms with Gasteiger partial charge in [0.25, 0.3) is 0 Å². The van der Waals surface area contributed by atoms with Gasteiger partial charge < -0.3 is 9.33 Å². The molecule has 0 unspecified atom stereocenters. The monoisotopic (exact) mass is 631 g/mol. The van der Waals surface area contributed by atoms with Gasteiger partial charge in [0.05, 0.1) is 0 Å². The molecule has 0 aromatic heterocycles. The second-order valence-electron chi connectivity index (χ2n) is 1.11. The first kappa shape index (κ1) is 20.4. The van der Waals surface area contributed by atoms with Gasteiger partial charge in [-0.1, -0.05) is 0 Å². The Bertz CT molecular complexity index is 732. The second-order valence-corrected chi connectivity index (χ2v) is 35.8. The summed E-state index contributed by atoms with van der Waals surface area (Å²) in [7, 11) is 15.4. The van der Waals surface area contributed by atoms with E-state index < -0.39 is 9.53 Å². The minimum atomic E-state index is -1.26. The zero-order valence-electron chi connectivity index (χ0n) is 6.80. The third kappa shape index (κ3) is 18.4. The average molecular weight is 633 g/mol. The van der Waals surface area contributed by atoms with E-state index in [1.807, 2.05) is 23.1 Å². The molecule has 0 rings (SSSR count). The second kappa shape index (κ2) is 17.4. The van der Waals surface area contributed by atoms with Crippen LogP contribution < -0.4 is 0 Å². The molecule has 0 amide bonds. The molecular formula is H2INOS12Y-. The van der Waals surface area contributed by atoms with Crippen molar-refractivity contribution in [2.75, 3.05) is 0 Å². The van der Waals surface area contributed by atoms with Crippen LogP contribution >= 0.6 is 16.3 Å². The summed E-state index contributed by atoms with van der Waals surface area (Å²) in [5.74, 6) is 0. The topological polar surface area (TPSA) is 44.1 Å². The molecule has 0 bridgehead atoms. The maximum absolute atomic E-state index is 8.69. The van der Waals surface area contributed by atoms with Gasteiger partial charge in [-0.25, -0.2) is 0 Å². The summed E-state index contributed by atoms with van der Waals surface area (Å²) in [4.78, 5) is 0. The van der Waals surface area contributed by atoms with Crippen LogP contribution in [0.1, 0.15) is 0 Å². The quantitative estimate of drug-likeness (QED) is 0.306. The molecule has 0 saturated heterocycles. The molecule has 0 aromatic carbocycles. The molecule has 0 aliphatic rings. The molecule has 16 heteroatoms. The Labute approximate surface area is 147 Å². The first-order chi connectivity index (χ1) is 7.77. The van der Waals surface area contributed by atoms with Crippen molar-refractivity contribution in [3.63, 3.8) is 0 Å². The first-order valence-electron chi connectivity index (χ1n) is 2.67. The Balaban J connectivity index is 5.58. The van der Waals surface area contributed by atoms with Crippen molar-refractivity contribution in [1.82, 2.24) is 0 Å². The van der Waals surface area contributed by atoms with E-state index in [9.17, 15) is 0 Å². The molecule has 0 saturated carbocycles. The summed E-state index contributed by atoms with van der Waals surface area (Å²) in [5, 5.41) is 2.04. The third-order valence-corrected chi connectivity index (χ3v) is 41.3. The van der Waals surface area contributed by atoms with Gasteiger partial charge >= 0.3 is 142 Å². The van der Waals surface area contributed by atoms with Gasteiger partial charge in [-0.3, -0.25) is 0 Å². The Morgan fingerprint density at radius 2 is 1.31 bits per heavy atom. The van der Waals surface area contributed by atoms with E-state index in [0.717, 1.165) is 0 Å². The maximum atomic E-state index is 8.69. The Morgan fingerprint density at radius 3 is 1.75 bits per heavy atom. The molecule has 0 atom stereocenters. The fourth-order valence-electron chi connectivity index (χ4n) is 0.148. The molecule has 0 aliphatic carbocycles. The van der Waals surface area contributed by atoms with Crippen molar-refractivity contribution in [1.29, 1.82) is 4.78 Å². The van der Waals surface area contributed by atoms with Crippen LogP contribution in [0.4, 0.5) is 0 Å². The van der Waals surface area contributed by atoms with Crippen LogP contribution in [-0.4, -0.2) is 4.55 Å². The molecule has 0 radical (unpaired) electrons. The van der Waals surface area contributed by atoms with Crippen molar-refractivity contribution in [3.8, 4) is 0 Å². The number of hydrogen-bond donors (Lipinski definition) is 2. The normalized spacial score (nSPS) is 7.94. The molecule has 96 valence electrons. The van der Waals surface area contributed by atoms with Crippen LogP contribution in [0, 0.1) is 4.78 Å². The number of rotatable bonds is 0. The van der Waals surface area contributed by atoms with Crippen LogP contribution in [0.5, 0.6) is 0 Å². The molecule has 16 heavy (non-hydrogen) atoms. The van der Waals surface area contributed by atoms with E-state index in [1.165, 1.54) is 17.8 Å². The van der Waals surface area contributed by atoms with Gasteiger partial charge in [0.2, 0.25) is 0 Å². The van der Waals surface area contributed by atoms with E-state index in [1.54, 1.807) is 53.3 Å². The Morgan fingerprint density at radius 1 is 0.875 bits per heavy atom. The summed E-state index contributed by atoms with van der Waals surface area (Å²) in [6.45, 7) is 0. The molecule has 2 N–H and O–H groups in total. The van der Waals surface area contributed by atoms with Gasteiger partial charge in [0, 0.05) is 0 Å². The van der Waals surface area contributed by atoms with E-state index in [2.05, 4.69) is 16.3 Å². The van der Waals surface area contributed by atoms with Gasteiger partial charge in [-0.15, -0.1) is 0 Å². The third-order valence-electron chi connectivity index (χ3n) is 0.390. The van der Waals surface area contributed by atoms with Gasteiger partial charge in [-0.2, -0.15) is 0 Å². The fraction of sp³-hybridized carbons (Fsp3) is 0. The molecule has 0 aliphatic heterocycles. The standard InChI is InChI=1S/HI.H2NOS12.Y/c;1-14(2)13-12-11-10-9-8-7-6-5-4-3;/h1H;(H2,1,2);/q;-1;+1/p-1. The van der Waals surface area contributed by atoms with Crippen molar-refractivity contribution < 1.29 is 26.7 Å².